The number of anilines is 1. The number of halogens is 1. The SMILES string of the molecule is CC(C)N(CC1CC1)c1cccc(F)c1C=O. The lowest BCUT2D eigenvalue weighted by molar-refractivity contribution is 0.112. The van der Waals surface area contributed by atoms with Crippen molar-refractivity contribution in [3.05, 3.63) is 29.6 Å². The highest BCUT2D eigenvalue weighted by Crippen LogP contribution is 2.33. The van der Waals surface area contributed by atoms with Crippen LogP contribution < -0.4 is 4.90 Å². The van der Waals surface area contributed by atoms with E-state index in [0.29, 0.717) is 12.2 Å². The fourth-order valence-electron chi connectivity index (χ4n) is 2.06. The molecule has 0 aliphatic heterocycles. The summed E-state index contributed by atoms with van der Waals surface area (Å²) in [5, 5.41) is 0. The molecule has 0 N–H and O–H groups in total. The highest BCUT2D eigenvalue weighted by Gasteiger charge is 2.27. The van der Waals surface area contributed by atoms with E-state index in [4.69, 9.17) is 0 Å². The molecule has 0 saturated heterocycles. The summed E-state index contributed by atoms with van der Waals surface area (Å²) in [7, 11) is 0. The van der Waals surface area contributed by atoms with E-state index in [-0.39, 0.29) is 11.6 Å². The van der Waals surface area contributed by atoms with Gasteiger partial charge in [-0.05, 0) is 44.7 Å². The molecule has 1 aromatic carbocycles. The predicted octanol–water partition coefficient (Wildman–Crippen LogP) is 3.26. The van der Waals surface area contributed by atoms with Crippen LogP contribution in [0.25, 0.3) is 0 Å². The second kappa shape index (κ2) is 4.86. The normalized spacial score (nSPS) is 15.1. The molecule has 1 aliphatic carbocycles. The lowest BCUT2D eigenvalue weighted by Gasteiger charge is -2.30. The van der Waals surface area contributed by atoms with Crippen molar-refractivity contribution in [2.75, 3.05) is 11.4 Å². The molecule has 0 atom stereocenters. The molecule has 1 aromatic rings. The van der Waals surface area contributed by atoms with Gasteiger partial charge >= 0.3 is 0 Å². The Morgan fingerprint density at radius 3 is 2.71 bits per heavy atom. The van der Waals surface area contributed by atoms with Crippen LogP contribution in [0.5, 0.6) is 0 Å². The maximum atomic E-state index is 13.6. The van der Waals surface area contributed by atoms with Crippen LogP contribution in [0.15, 0.2) is 18.2 Å². The smallest absolute Gasteiger partial charge is 0.155 e. The number of nitrogens with zero attached hydrogens (tertiary/aromatic N) is 1. The summed E-state index contributed by atoms with van der Waals surface area (Å²) in [6, 6.07) is 5.11. The molecule has 1 aliphatic rings. The summed E-state index contributed by atoms with van der Waals surface area (Å²) in [5.41, 5.74) is 0.906. The Bertz CT molecular complexity index is 413. The van der Waals surface area contributed by atoms with Crippen molar-refractivity contribution in [1.82, 2.24) is 0 Å². The van der Waals surface area contributed by atoms with E-state index in [0.717, 1.165) is 12.2 Å². The third kappa shape index (κ3) is 2.65. The molecule has 0 heterocycles. The zero-order valence-electron chi connectivity index (χ0n) is 10.3. The van der Waals surface area contributed by atoms with Gasteiger partial charge in [0.1, 0.15) is 5.82 Å². The lowest BCUT2D eigenvalue weighted by atomic mass is 10.1. The molecule has 3 heteroatoms. The van der Waals surface area contributed by atoms with Gasteiger partial charge in [-0.1, -0.05) is 6.07 Å². The van der Waals surface area contributed by atoms with E-state index < -0.39 is 5.82 Å². The molecule has 17 heavy (non-hydrogen) atoms. The zero-order chi connectivity index (χ0) is 12.4. The van der Waals surface area contributed by atoms with Crippen molar-refractivity contribution in [2.24, 2.45) is 5.92 Å². The van der Waals surface area contributed by atoms with Crippen molar-refractivity contribution < 1.29 is 9.18 Å². The molecule has 0 spiro atoms. The van der Waals surface area contributed by atoms with Gasteiger partial charge in [0.15, 0.2) is 6.29 Å². The minimum Gasteiger partial charge on any atom is -0.368 e. The molecule has 2 rings (SSSR count). The van der Waals surface area contributed by atoms with Gasteiger partial charge in [-0.15, -0.1) is 0 Å². The second-order valence-corrected chi connectivity index (χ2v) is 4.98. The Morgan fingerprint density at radius 2 is 2.18 bits per heavy atom. The van der Waals surface area contributed by atoms with E-state index in [1.165, 1.54) is 18.9 Å². The third-order valence-electron chi connectivity index (χ3n) is 3.23. The standard InChI is InChI=1S/C14H18FNO/c1-10(2)16(8-11-6-7-11)14-5-3-4-13(15)12(14)9-17/h3-5,9-11H,6-8H2,1-2H3. The summed E-state index contributed by atoms with van der Waals surface area (Å²) in [6.45, 7) is 5.06. The van der Waals surface area contributed by atoms with E-state index in [1.54, 1.807) is 6.07 Å². The highest BCUT2D eigenvalue weighted by molar-refractivity contribution is 5.85. The fourth-order valence-corrected chi connectivity index (χ4v) is 2.06. The Morgan fingerprint density at radius 1 is 1.47 bits per heavy atom. The molecule has 0 aromatic heterocycles. The number of hydrogen-bond acceptors (Lipinski definition) is 2. The minimum atomic E-state index is -0.432. The number of benzene rings is 1. The topological polar surface area (TPSA) is 20.3 Å². The number of carbonyl (C=O) groups is 1. The first kappa shape index (κ1) is 12.1. The first-order valence-corrected chi connectivity index (χ1v) is 6.13. The van der Waals surface area contributed by atoms with Crippen LogP contribution in [0.3, 0.4) is 0 Å². The number of aldehydes is 1. The maximum Gasteiger partial charge on any atom is 0.155 e. The summed E-state index contributed by atoms with van der Waals surface area (Å²) in [6.07, 6.45) is 3.11. The van der Waals surface area contributed by atoms with Gasteiger partial charge in [0.25, 0.3) is 0 Å². The molecule has 0 radical (unpaired) electrons. The average molecular weight is 235 g/mol. The Labute approximate surface area is 101 Å². The van der Waals surface area contributed by atoms with Crippen molar-refractivity contribution in [2.45, 2.75) is 32.7 Å². The highest BCUT2D eigenvalue weighted by atomic mass is 19.1. The van der Waals surface area contributed by atoms with E-state index >= 15 is 0 Å². The molecular formula is C14H18FNO. The first-order valence-electron chi connectivity index (χ1n) is 6.13. The molecule has 2 nitrogen and oxygen atoms in total. The van der Waals surface area contributed by atoms with Crippen molar-refractivity contribution in [3.63, 3.8) is 0 Å². The van der Waals surface area contributed by atoms with Crippen molar-refractivity contribution in [3.8, 4) is 0 Å². The van der Waals surface area contributed by atoms with Gasteiger partial charge in [0.2, 0.25) is 0 Å². The van der Waals surface area contributed by atoms with Gasteiger partial charge in [0.05, 0.1) is 11.3 Å². The minimum absolute atomic E-state index is 0.182. The van der Waals surface area contributed by atoms with Gasteiger partial charge in [-0.2, -0.15) is 0 Å². The van der Waals surface area contributed by atoms with Gasteiger partial charge in [-0.25, -0.2) is 4.39 Å². The lowest BCUT2D eigenvalue weighted by Crippen LogP contribution is -2.33. The van der Waals surface area contributed by atoms with Gasteiger partial charge in [-0.3, -0.25) is 4.79 Å². The Kier molecular flexibility index (Phi) is 3.46. The van der Waals surface area contributed by atoms with E-state index in [1.807, 2.05) is 6.07 Å². The molecule has 92 valence electrons. The summed E-state index contributed by atoms with van der Waals surface area (Å²) < 4.78 is 13.6. The summed E-state index contributed by atoms with van der Waals surface area (Å²) in [5.74, 6) is 0.277. The third-order valence-corrected chi connectivity index (χ3v) is 3.23. The van der Waals surface area contributed by atoms with Crippen LogP contribution in [0.2, 0.25) is 0 Å². The van der Waals surface area contributed by atoms with Crippen LogP contribution >= 0.6 is 0 Å². The maximum absolute atomic E-state index is 13.6. The Balaban J connectivity index is 2.33. The van der Waals surface area contributed by atoms with Crippen LogP contribution in [0, 0.1) is 11.7 Å². The number of hydrogen-bond donors (Lipinski definition) is 0. The van der Waals surface area contributed by atoms with Crippen LogP contribution in [-0.4, -0.2) is 18.9 Å². The van der Waals surface area contributed by atoms with E-state index in [2.05, 4.69) is 18.7 Å². The average Bonchev–Trinajstić information content (AvgIpc) is 3.09. The molecule has 0 bridgehead atoms. The molecular weight excluding hydrogens is 217 g/mol. The largest absolute Gasteiger partial charge is 0.368 e. The predicted molar refractivity (Wildman–Crippen MR) is 67.0 cm³/mol. The molecule has 0 unspecified atom stereocenters. The van der Waals surface area contributed by atoms with Crippen molar-refractivity contribution in [1.29, 1.82) is 0 Å². The van der Waals surface area contributed by atoms with E-state index in [9.17, 15) is 9.18 Å². The zero-order valence-corrected chi connectivity index (χ0v) is 10.3. The van der Waals surface area contributed by atoms with Crippen LogP contribution in [-0.2, 0) is 0 Å². The fraction of sp³-hybridized carbons (Fsp3) is 0.500. The number of rotatable bonds is 5. The van der Waals surface area contributed by atoms with Crippen LogP contribution in [0.4, 0.5) is 10.1 Å². The van der Waals surface area contributed by atoms with Crippen molar-refractivity contribution >= 4 is 12.0 Å². The quantitative estimate of drug-likeness (QED) is 0.730. The van der Waals surface area contributed by atoms with Crippen LogP contribution in [0.1, 0.15) is 37.0 Å². The molecule has 1 saturated carbocycles. The molecule has 0 amide bonds. The monoisotopic (exact) mass is 235 g/mol. The Hall–Kier alpha value is -1.38. The second-order valence-electron chi connectivity index (χ2n) is 4.98. The summed E-state index contributed by atoms with van der Waals surface area (Å²) >= 11 is 0. The first-order chi connectivity index (χ1) is 8.13. The van der Waals surface area contributed by atoms with Gasteiger partial charge in [0, 0.05) is 12.6 Å². The van der Waals surface area contributed by atoms with Gasteiger partial charge < -0.3 is 4.90 Å². The molecule has 1 fully saturated rings. The summed E-state index contributed by atoms with van der Waals surface area (Å²) in [4.78, 5) is 13.1. The number of carbonyl (C=O) groups excluding carboxylic acids is 1.